The number of carbonyl (C=O) groups is 2. The van der Waals surface area contributed by atoms with Gasteiger partial charge in [-0.3, -0.25) is 14.2 Å². The number of aryl methyl sites for hydroxylation is 2. The van der Waals surface area contributed by atoms with Crippen molar-refractivity contribution in [1.29, 1.82) is 0 Å². The first-order chi connectivity index (χ1) is 10.8. The number of nitrogens with two attached hydrogens (primary N) is 1. The molecular weight excluding hydrogens is 318 g/mol. The molecule has 0 fully saturated rings. The fraction of sp³-hybridized carbons (Fsp3) is 0.467. The van der Waals surface area contributed by atoms with Gasteiger partial charge in [0, 0.05) is 6.42 Å². The monoisotopic (exact) mass is 337 g/mol. The summed E-state index contributed by atoms with van der Waals surface area (Å²) in [5.74, 6) is -1.26. The fourth-order valence-corrected chi connectivity index (χ4v) is 3.70. The van der Waals surface area contributed by atoms with Crippen LogP contribution in [0.25, 0.3) is 10.2 Å². The molecule has 1 atom stereocenters. The van der Waals surface area contributed by atoms with Crippen LogP contribution < -0.4 is 11.3 Å². The second kappa shape index (κ2) is 6.49. The average Bonchev–Trinajstić information content (AvgIpc) is 2.80. The zero-order valence-corrected chi connectivity index (χ0v) is 14.1. The van der Waals surface area contributed by atoms with Gasteiger partial charge in [0.15, 0.2) is 0 Å². The number of primary amides is 1. The highest BCUT2D eigenvalue weighted by atomic mass is 32.1. The molecular formula is C15H19N3O4S. The van der Waals surface area contributed by atoms with Crippen LogP contribution in [0, 0.1) is 6.92 Å². The lowest BCUT2D eigenvalue weighted by molar-refractivity contribution is -0.141. The molecule has 0 saturated heterocycles. The lowest BCUT2D eigenvalue weighted by atomic mass is 10.1. The Balaban J connectivity index is 2.89. The number of aromatic nitrogens is 2. The molecule has 2 rings (SSSR count). The maximum atomic E-state index is 12.9. The molecule has 124 valence electrons. The Bertz CT molecular complexity index is 837. The molecule has 0 radical (unpaired) electrons. The number of amides is 1. The highest BCUT2D eigenvalue weighted by Gasteiger charge is 2.26. The molecule has 0 spiro atoms. The number of aliphatic carboxylic acids is 1. The van der Waals surface area contributed by atoms with Crippen molar-refractivity contribution >= 4 is 33.4 Å². The van der Waals surface area contributed by atoms with Gasteiger partial charge < -0.3 is 10.8 Å². The van der Waals surface area contributed by atoms with E-state index in [2.05, 4.69) is 4.98 Å². The maximum absolute atomic E-state index is 12.9. The van der Waals surface area contributed by atoms with E-state index in [9.17, 15) is 19.5 Å². The Morgan fingerprint density at radius 1 is 1.39 bits per heavy atom. The lowest BCUT2D eigenvalue weighted by Gasteiger charge is -2.18. The Kier molecular flexibility index (Phi) is 4.84. The molecule has 1 amide bonds. The molecule has 8 heteroatoms. The molecule has 0 saturated carbocycles. The summed E-state index contributed by atoms with van der Waals surface area (Å²) >= 11 is 1.08. The van der Waals surface area contributed by atoms with Gasteiger partial charge in [0.2, 0.25) is 0 Å². The summed E-state index contributed by atoms with van der Waals surface area (Å²) in [6.07, 6.45) is 1.48. The normalized spacial score (nSPS) is 12.5. The van der Waals surface area contributed by atoms with Gasteiger partial charge in [0.25, 0.3) is 11.5 Å². The van der Waals surface area contributed by atoms with Crippen molar-refractivity contribution in [2.24, 2.45) is 5.73 Å². The highest BCUT2D eigenvalue weighted by molar-refractivity contribution is 7.20. The topological polar surface area (TPSA) is 115 Å². The van der Waals surface area contributed by atoms with Crippen LogP contribution in [0.5, 0.6) is 0 Å². The molecule has 0 bridgehead atoms. The van der Waals surface area contributed by atoms with Gasteiger partial charge in [-0.05, 0) is 25.3 Å². The zero-order chi connectivity index (χ0) is 17.3. The summed E-state index contributed by atoms with van der Waals surface area (Å²) in [5, 5.41) is 9.70. The van der Waals surface area contributed by atoms with Crippen LogP contribution in [0.1, 0.15) is 53.8 Å². The number of rotatable bonds is 6. The number of carbonyl (C=O) groups excluding carboxylic acids is 1. The van der Waals surface area contributed by atoms with E-state index in [1.54, 1.807) is 13.8 Å². The second-order valence-electron chi connectivity index (χ2n) is 5.32. The summed E-state index contributed by atoms with van der Waals surface area (Å²) in [6.45, 7) is 5.27. The molecule has 0 aromatic carbocycles. The van der Waals surface area contributed by atoms with Gasteiger partial charge in [-0.1, -0.05) is 13.8 Å². The van der Waals surface area contributed by atoms with E-state index in [4.69, 9.17) is 5.73 Å². The van der Waals surface area contributed by atoms with Crippen molar-refractivity contribution in [3.8, 4) is 0 Å². The summed E-state index contributed by atoms with van der Waals surface area (Å²) in [6, 6.07) is -0.975. The van der Waals surface area contributed by atoms with Crippen LogP contribution in [-0.4, -0.2) is 26.5 Å². The molecule has 23 heavy (non-hydrogen) atoms. The van der Waals surface area contributed by atoms with Crippen molar-refractivity contribution in [1.82, 2.24) is 9.55 Å². The summed E-state index contributed by atoms with van der Waals surface area (Å²) in [4.78, 5) is 41.1. The van der Waals surface area contributed by atoms with Crippen LogP contribution in [-0.2, 0) is 11.2 Å². The minimum Gasteiger partial charge on any atom is -0.480 e. The Labute approximate surface area is 136 Å². The number of nitrogens with zero attached hydrogens (tertiary/aromatic N) is 2. The molecule has 0 aliphatic heterocycles. The predicted molar refractivity (Wildman–Crippen MR) is 88.1 cm³/mol. The molecule has 3 N–H and O–H groups in total. The lowest BCUT2D eigenvalue weighted by Crippen LogP contribution is -2.33. The number of hydrogen-bond acceptors (Lipinski definition) is 5. The Morgan fingerprint density at radius 3 is 2.52 bits per heavy atom. The quantitative estimate of drug-likeness (QED) is 0.834. The third kappa shape index (κ3) is 2.86. The largest absolute Gasteiger partial charge is 0.480 e. The first kappa shape index (κ1) is 17.1. The van der Waals surface area contributed by atoms with E-state index < -0.39 is 23.5 Å². The molecule has 0 aliphatic carbocycles. The standard InChI is InChI=1S/C15H19N3O4S/c1-4-6-9-17-13-10(7(3)11(23-13)12(16)19)14(20)18(9)8(5-2)15(21)22/h8H,4-6H2,1-3H3,(H2,16,19)(H,21,22). The predicted octanol–water partition coefficient (Wildman–Crippen LogP) is 1.85. The van der Waals surface area contributed by atoms with Gasteiger partial charge in [0.1, 0.15) is 16.7 Å². The van der Waals surface area contributed by atoms with Crippen molar-refractivity contribution in [3.63, 3.8) is 0 Å². The third-order valence-corrected chi connectivity index (χ3v) is 4.95. The minimum atomic E-state index is -1.07. The van der Waals surface area contributed by atoms with Gasteiger partial charge in [-0.2, -0.15) is 0 Å². The van der Waals surface area contributed by atoms with E-state index in [-0.39, 0.29) is 16.7 Å². The first-order valence-electron chi connectivity index (χ1n) is 7.40. The van der Waals surface area contributed by atoms with Crippen molar-refractivity contribution in [3.05, 3.63) is 26.6 Å². The van der Waals surface area contributed by atoms with Crippen LogP contribution in [0.3, 0.4) is 0 Å². The molecule has 0 aliphatic rings. The maximum Gasteiger partial charge on any atom is 0.326 e. The number of carboxylic acids is 1. The summed E-state index contributed by atoms with van der Waals surface area (Å²) in [5.41, 5.74) is 5.38. The van der Waals surface area contributed by atoms with E-state index in [1.807, 2.05) is 6.92 Å². The van der Waals surface area contributed by atoms with Gasteiger partial charge in [-0.15, -0.1) is 11.3 Å². The molecule has 2 heterocycles. The number of fused-ring (bicyclic) bond motifs is 1. The van der Waals surface area contributed by atoms with Crippen LogP contribution >= 0.6 is 11.3 Å². The minimum absolute atomic E-state index is 0.269. The van der Waals surface area contributed by atoms with E-state index in [0.29, 0.717) is 22.6 Å². The van der Waals surface area contributed by atoms with E-state index in [1.165, 1.54) is 4.57 Å². The number of thiophene rings is 1. The highest BCUT2D eigenvalue weighted by Crippen LogP contribution is 2.28. The van der Waals surface area contributed by atoms with Crippen molar-refractivity contribution in [2.45, 2.75) is 46.1 Å². The van der Waals surface area contributed by atoms with Crippen LogP contribution in [0.2, 0.25) is 0 Å². The Hall–Kier alpha value is -2.22. The number of carboxylic acid groups (broad SMARTS) is 1. The van der Waals surface area contributed by atoms with Gasteiger partial charge in [-0.25, -0.2) is 9.78 Å². The molecule has 1 unspecified atom stereocenters. The summed E-state index contributed by atoms with van der Waals surface area (Å²) < 4.78 is 1.25. The first-order valence-corrected chi connectivity index (χ1v) is 8.22. The van der Waals surface area contributed by atoms with Gasteiger partial charge in [0.05, 0.1) is 10.3 Å². The van der Waals surface area contributed by atoms with Crippen molar-refractivity contribution < 1.29 is 14.7 Å². The second-order valence-corrected chi connectivity index (χ2v) is 6.32. The third-order valence-electron chi connectivity index (χ3n) is 3.75. The summed E-state index contributed by atoms with van der Waals surface area (Å²) in [7, 11) is 0. The average molecular weight is 337 g/mol. The molecule has 7 nitrogen and oxygen atoms in total. The zero-order valence-electron chi connectivity index (χ0n) is 13.3. The SMILES string of the molecule is CCCc1nc2sc(C(N)=O)c(C)c2c(=O)n1C(CC)C(=O)O. The fourth-order valence-electron chi connectivity index (χ4n) is 2.66. The number of hydrogen-bond donors (Lipinski definition) is 2. The molecule has 2 aromatic heterocycles. The smallest absolute Gasteiger partial charge is 0.326 e. The molecule has 2 aromatic rings. The van der Waals surface area contributed by atoms with Gasteiger partial charge >= 0.3 is 5.97 Å². The Morgan fingerprint density at radius 2 is 2.04 bits per heavy atom. The van der Waals surface area contributed by atoms with Crippen molar-refractivity contribution in [2.75, 3.05) is 0 Å². The van der Waals surface area contributed by atoms with E-state index >= 15 is 0 Å². The van der Waals surface area contributed by atoms with Crippen LogP contribution in [0.15, 0.2) is 4.79 Å². The van der Waals surface area contributed by atoms with Crippen LogP contribution in [0.4, 0.5) is 0 Å². The van der Waals surface area contributed by atoms with E-state index in [0.717, 1.165) is 17.8 Å².